The van der Waals surface area contributed by atoms with Gasteiger partial charge in [0.1, 0.15) is 0 Å². The fraction of sp³-hybridized carbons (Fsp3) is 0.667. The molecule has 0 saturated heterocycles. The summed E-state index contributed by atoms with van der Waals surface area (Å²) in [4.78, 5) is 0. The van der Waals surface area contributed by atoms with Gasteiger partial charge in [0.15, 0.2) is 4.67 Å². The second kappa shape index (κ2) is 7.19. The fourth-order valence-corrected chi connectivity index (χ4v) is 2.26. The van der Waals surface area contributed by atoms with Gasteiger partial charge in [-0.2, -0.15) is 13.2 Å². The quantitative estimate of drug-likeness (QED) is 0.777. The first-order chi connectivity index (χ1) is 8.44. The number of alkyl halides is 3. The van der Waals surface area contributed by atoms with Crippen molar-refractivity contribution in [2.45, 2.75) is 44.8 Å². The molecule has 1 unspecified atom stereocenters. The van der Waals surface area contributed by atoms with Crippen molar-refractivity contribution in [1.29, 1.82) is 0 Å². The molecule has 1 N–H and O–H groups in total. The lowest BCUT2D eigenvalue weighted by molar-refractivity contribution is -0.135. The van der Waals surface area contributed by atoms with Gasteiger partial charge in [-0.3, -0.25) is 0 Å². The highest BCUT2D eigenvalue weighted by Crippen LogP contribution is 2.30. The van der Waals surface area contributed by atoms with Crippen LogP contribution in [0.4, 0.5) is 13.2 Å². The summed E-state index contributed by atoms with van der Waals surface area (Å²) < 4.78 is 42.1. The van der Waals surface area contributed by atoms with Crippen molar-refractivity contribution in [3.05, 3.63) is 22.6 Å². The first-order valence-corrected chi connectivity index (χ1v) is 6.76. The SMILES string of the molecule is CCCNC(CCCC(F)(F)F)c1ccoc1Br. The molecule has 0 amide bonds. The molecule has 0 aromatic carbocycles. The van der Waals surface area contributed by atoms with Gasteiger partial charge in [-0.1, -0.05) is 6.92 Å². The van der Waals surface area contributed by atoms with Crippen LogP contribution in [0.2, 0.25) is 0 Å². The maximum Gasteiger partial charge on any atom is 0.389 e. The highest BCUT2D eigenvalue weighted by Gasteiger charge is 2.27. The number of nitrogens with one attached hydrogen (secondary N) is 1. The average Bonchev–Trinajstić information content (AvgIpc) is 2.68. The van der Waals surface area contributed by atoms with E-state index in [-0.39, 0.29) is 12.5 Å². The second-order valence-corrected chi connectivity index (χ2v) is 4.88. The third-order valence-electron chi connectivity index (χ3n) is 2.62. The van der Waals surface area contributed by atoms with E-state index in [0.29, 0.717) is 11.1 Å². The summed E-state index contributed by atoms with van der Waals surface area (Å²) in [5.74, 6) is 0. The van der Waals surface area contributed by atoms with Crippen molar-refractivity contribution in [3.63, 3.8) is 0 Å². The minimum atomic E-state index is -4.08. The lowest BCUT2D eigenvalue weighted by Crippen LogP contribution is -2.22. The van der Waals surface area contributed by atoms with Crippen LogP contribution in [0.5, 0.6) is 0 Å². The minimum Gasteiger partial charge on any atom is -0.457 e. The summed E-state index contributed by atoms with van der Waals surface area (Å²) in [6.45, 7) is 2.79. The van der Waals surface area contributed by atoms with Crippen LogP contribution in [0.25, 0.3) is 0 Å². The zero-order valence-corrected chi connectivity index (χ0v) is 11.8. The predicted octanol–water partition coefficient (Wildman–Crippen LogP) is 4.82. The summed E-state index contributed by atoms with van der Waals surface area (Å²) in [7, 11) is 0. The highest BCUT2D eigenvalue weighted by atomic mass is 79.9. The van der Waals surface area contributed by atoms with Gasteiger partial charge in [0.25, 0.3) is 0 Å². The summed E-state index contributed by atoms with van der Waals surface area (Å²) in [6, 6.07) is 1.69. The van der Waals surface area contributed by atoms with Crippen LogP contribution < -0.4 is 5.32 Å². The third-order valence-corrected chi connectivity index (χ3v) is 3.26. The molecule has 1 atom stereocenters. The topological polar surface area (TPSA) is 25.2 Å². The monoisotopic (exact) mass is 327 g/mol. The Morgan fingerprint density at radius 1 is 1.44 bits per heavy atom. The Morgan fingerprint density at radius 3 is 2.67 bits per heavy atom. The van der Waals surface area contributed by atoms with Gasteiger partial charge >= 0.3 is 6.18 Å². The molecule has 0 saturated carbocycles. The summed E-state index contributed by atoms with van der Waals surface area (Å²) in [5, 5.41) is 3.24. The first-order valence-electron chi connectivity index (χ1n) is 5.97. The Morgan fingerprint density at radius 2 is 2.17 bits per heavy atom. The molecule has 0 aliphatic rings. The number of hydrogen-bond donors (Lipinski definition) is 1. The van der Waals surface area contributed by atoms with Gasteiger partial charge in [0, 0.05) is 18.0 Å². The summed E-state index contributed by atoms with van der Waals surface area (Å²) >= 11 is 3.26. The van der Waals surface area contributed by atoms with E-state index in [1.807, 2.05) is 6.92 Å². The molecule has 18 heavy (non-hydrogen) atoms. The molecule has 0 radical (unpaired) electrons. The molecule has 1 rings (SSSR count). The minimum absolute atomic E-state index is 0.0968. The zero-order valence-electron chi connectivity index (χ0n) is 10.2. The van der Waals surface area contributed by atoms with Crippen molar-refractivity contribution in [2.75, 3.05) is 6.54 Å². The number of rotatable bonds is 7. The molecule has 6 heteroatoms. The molecular formula is C12H17BrF3NO. The Hall–Kier alpha value is -0.490. The van der Waals surface area contributed by atoms with E-state index >= 15 is 0 Å². The normalized spacial score (nSPS) is 13.8. The molecule has 0 fully saturated rings. The average molecular weight is 328 g/mol. The molecule has 1 heterocycles. The van der Waals surface area contributed by atoms with Crippen LogP contribution in [-0.2, 0) is 0 Å². The van der Waals surface area contributed by atoms with Crippen LogP contribution in [0.1, 0.15) is 44.2 Å². The van der Waals surface area contributed by atoms with Crippen molar-refractivity contribution in [2.24, 2.45) is 0 Å². The molecule has 0 aliphatic heterocycles. The molecule has 0 aliphatic carbocycles. The lowest BCUT2D eigenvalue weighted by Gasteiger charge is -2.18. The first kappa shape index (κ1) is 15.6. The number of halogens is 4. The van der Waals surface area contributed by atoms with Crippen molar-refractivity contribution >= 4 is 15.9 Å². The van der Waals surface area contributed by atoms with E-state index in [0.717, 1.165) is 18.5 Å². The van der Waals surface area contributed by atoms with E-state index < -0.39 is 12.6 Å². The zero-order chi connectivity index (χ0) is 13.6. The maximum absolute atomic E-state index is 12.1. The summed E-state index contributed by atoms with van der Waals surface area (Å²) in [5.41, 5.74) is 0.880. The Bertz CT molecular complexity index is 351. The van der Waals surface area contributed by atoms with Gasteiger partial charge in [0.2, 0.25) is 0 Å². The third kappa shape index (κ3) is 5.44. The van der Waals surface area contributed by atoms with Crippen LogP contribution in [-0.4, -0.2) is 12.7 Å². The van der Waals surface area contributed by atoms with E-state index in [9.17, 15) is 13.2 Å². The molecule has 104 valence electrons. The smallest absolute Gasteiger partial charge is 0.389 e. The molecule has 1 aromatic heterocycles. The van der Waals surface area contributed by atoms with Crippen molar-refractivity contribution < 1.29 is 17.6 Å². The van der Waals surface area contributed by atoms with Crippen LogP contribution in [0, 0.1) is 0 Å². The number of furan rings is 1. The second-order valence-electron chi connectivity index (χ2n) is 4.16. The Labute approximate surface area is 113 Å². The van der Waals surface area contributed by atoms with E-state index in [1.165, 1.54) is 6.26 Å². The van der Waals surface area contributed by atoms with Gasteiger partial charge in [-0.15, -0.1) is 0 Å². The van der Waals surface area contributed by atoms with Gasteiger partial charge in [-0.05, 0) is 47.8 Å². The fourth-order valence-electron chi connectivity index (χ4n) is 1.75. The lowest BCUT2D eigenvalue weighted by atomic mass is 10.0. The van der Waals surface area contributed by atoms with E-state index in [4.69, 9.17) is 4.42 Å². The Kier molecular flexibility index (Phi) is 6.21. The number of hydrogen-bond acceptors (Lipinski definition) is 2. The maximum atomic E-state index is 12.1. The van der Waals surface area contributed by atoms with Gasteiger partial charge in [-0.25, -0.2) is 0 Å². The Balaban J connectivity index is 2.54. The molecule has 0 bridgehead atoms. The van der Waals surface area contributed by atoms with Gasteiger partial charge in [0.05, 0.1) is 6.26 Å². The van der Waals surface area contributed by atoms with Crippen LogP contribution >= 0.6 is 15.9 Å². The van der Waals surface area contributed by atoms with E-state index in [1.54, 1.807) is 6.07 Å². The van der Waals surface area contributed by atoms with Crippen LogP contribution in [0.3, 0.4) is 0 Å². The van der Waals surface area contributed by atoms with E-state index in [2.05, 4.69) is 21.2 Å². The van der Waals surface area contributed by atoms with Crippen molar-refractivity contribution in [1.82, 2.24) is 5.32 Å². The van der Waals surface area contributed by atoms with Crippen molar-refractivity contribution in [3.8, 4) is 0 Å². The standard InChI is InChI=1S/C12H17BrF3NO/c1-2-7-17-10(4-3-6-12(14,15)16)9-5-8-18-11(9)13/h5,8,10,17H,2-4,6-7H2,1H3. The molecule has 2 nitrogen and oxygen atoms in total. The highest BCUT2D eigenvalue weighted by molar-refractivity contribution is 9.10. The largest absolute Gasteiger partial charge is 0.457 e. The molecule has 1 aromatic rings. The van der Waals surface area contributed by atoms with Gasteiger partial charge < -0.3 is 9.73 Å². The molecular weight excluding hydrogens is 311 g/mol. The predicted molar refractivity (Wildman–Crippen MR) is 67.3 cm³/mol. The summed E-state index contributed by atoms with van der Waals surface area (Å²) in [6.07, 6.45) is -1.80. The van der Waals surface area contributed by atoms with Crippen LogP contribution in [0.15, 0.2) is 21.4 Å². The molecule has 0 spiro atoms.